The van der Waals surface area contributed by atoms with Gasteiger partial charge >= 0.3 is 5.97 Å². The van der Waals surface area contributed by atoms with Crippen molar-refractivity contribution in [1.82, 2.24) is 10.3 Å². The molecule has 0 saturated heterocycles. The second-order valence-corrected chi connectivity index (χ2v) is 3.78. The molecule has 0 aliphatic carbocycles. The standard InChI is InChI=1S/C10H12N2O3S/c1-4-15-10(14)8-5-16-9(12-8)6(2)11-7(3)13/h5H,2,4H2,1,3H3,(H,11,13). The molecule has 16 heavy (non-hydrogen) atoms. The van der Waals surface area contributed by atoms with E-state index < -0.39 is 5.97 Å². The van der Waals surface area contributed by atoms with Crippen molar-refractivity contribution in [2.24, 2.45) is 0 Å². The topological polar surface area (TPSA) is 68.3 Å². The molecule has 6 heteroatoms. The molecule has 86 valence electrons. The number of carbonyl (C=O) groups is 2. The van der Waals surface area contributed by atoms with Crippen molar-refractivity contribution in [2.45, 2.75) is 13.8 Å². The number of rotatable bonds is 4. The van der Waals surface area contributed by atoms with E-state index in [1.165, 1.54) is 18.3 Å². The Morgan fingerprint density at radius 3 is 2.88 bits per heavy atom. The van der Waals surface area contributed by atoms with Gasteiger partial charge in [-0.15, -0.1) is 11.3 Å². The van der Waals surface area contributed by atoms with Crippen LogP contribution in [0, 0.1) is 0 Å². The maximum absolute atomic E-state index is 11.3. The summed E-state index contributed by atoms with van der Waals surface area (Å²) in [6.45, 7) is 7.06. The zero-order chi connectivity index (χ0) is 12.1. The summed E-state index contributed by atoms with van der Waals surface area (Å²) in [6.07, 6.45) is 0. The van der Waals surface area contributed by atoms with Crippen LogP contribution in [0.5, 0.6) is 0 Å². The van der Waals surface area contributed by atoms with Crippen LogP contribution in [0.15, 0.2) is 12.0 Å². The second kappa shape index (κ2) is 5.41. The van der Waals surface area contributed by atoms with Crippen LogP contribution in [0.4, 0.5) is 0 Å². The van der Waals surface area contributed by atoms with Crippen molar-refractivity contribution in [3.63, 3.8) is 0 Å². The summed E-state index contributed by atoms with van der Waals surface area (Å²) in [6, 6.07) is 0. The summed E-state index contributed by atoms with van der Waals surface area (Å²) in [4.78, 5) is 26.1. The fourth-order valence-corrected chi connectivity index (χ4v) is 1.69. The van der Waals surface area contributed by atoms with Crippen LogP contribution in [0.2, 0.25) is 0 Å². The van der Waals surface area contributed by atoms with Crippen LogP contribution in [-0.2, 0) is 9.53 Å². The average Bonchev–Trinajstić information content (AvgIpc) is 2.65. The zero-order valence-corrected chi connectivity index (χ0v) is 9.89. The van der Waals surface area contributed by atoms with Crippen LogP contribution in [0.3, 0.4) is 0 Å². The number of nitrogens with one attached hydrogen (secondary N) is 1. The third kappa shape index (κ3) is 3.16. The minimum Gasteiger partial charge on any atom is -0.461 e. The van der Waals surface area contributed by atoms with Crippen molar-refractivity contribution >= 4 is 28.9 Å². The fourth-order valence-electron chi connectivity index (χ4n) is 0.977. The van der Waals surface area contributed by atoms with Crippen LogP contribution in [0.25, 0.3) is 5.70 Å². The lowest BCUT2D eigenvalue weighted by molar-refractivity contribution is -0.117. The lowest BCUT2D eigenvalue weighted by atomic mass is 10.4. The fraction of sp³-hybridized carbons (Fsp3) is 0.300. The highest BCUT2D eigenvalue weighted by molar-refractivity contribution is 7.11. The number of esters is 1. The van der Waals surface area contributed by atoms with Gasteiger partial charge in [-0.25, -0.2) is 9.78 Å². The normalized spacial score (nSPS) is 9.62. The molecule has 0 spiro atoms. The molecule has 0 bridgehead atoms. The van der Waals surface area contributed by atoms with Gasteiger partial charge in [-0.05, 0) is 6.92 Å². The van der Waals surface area contributed by atoms with E-state index in [-0.39, 0.29) is 11.6 Å². The predicted octanol–water partition coefficient (Wildman–Crippen LogP) is 1.43. The monoisotopic (exact) mass is 240 g/mol. The minimum atomic E-state index is -0.472. The van der Waals surface area contributed by atoms with E-state index in [2.05, 4.69) is 16.9 Å². The molecule has 1 heterocycles. The number of thiazole rings is 1. The van der Waals surface area contributed by atoms with Gasteiger partial charge in [-0.3, -0.25) is 4.79 Å². The minimum absolute atomic E-state index is 0.224. The van der Waals surface area contributed by atoms with Crippen LogP contribution >= 0.6 is 11.3 Å². The lowest BCUT2D eigenvalue weighted by Gasteiger charge is -2.01. The van der Waals surface area contributed by atoms with Gasteiger partial charge in [0.15, 0.2) is 5.69 Å². The average molecular weight is 240 g/mol. The molecule has 0 aliphatic rings. The third-order valence-electron chi connectivity index (χ3n) is 1.57. The van der Waals surface area contributed by atoms with E-state index in [4.69, 9.17) is 4.74 Å². The number of hydrogen-bond acceptors (Lipinski definition) is 5. The molecular weight excluding hydrogens is 228 g/mol. The molecule has 1 N–H and O–H groups in total. The molecule has 0 saturated carbocycles. The Balaban J connectivity index is 2.74. The molecule has 1 aromatic heterocycles. The van der Waals surface area contributed by atoms with Gasteiger partial charge in [0.05, 0.1) is 12.3 Å². The maximum atomic E-state index is 11.3. The van der Waals surface area contributed by atoms with Crippen molar-refractivity contribution in [3.05, 3.63) is 22.7 Å². The molecule has 1 amide bonds. The summed E-state index contributed by atoms with van der Waals surface area (Å²) in [5, 5.41) is 4.57. The molecular formula is C10H12N2O3S. The summed E-state index contributed by atoms with van der Waals surface area (Å²) >= 11 is 1.23. The number of amides is 1. The van der Waals surface area contributed by atoms with Gasteiger partial charge in [0.25, 0.3) is 0 Å². The smallest absolute Gasteiger partial charge is 0.357 e. The van der Waals surface area contributed by atoms with E-state index in [9.17, 15) is 9.59 Å². The molecule has 0 aliphatic heterocycles. The van der Waals surface area contributed by atoms with E-state index in [1.54, 1.807) is 12.3 Å². The molecule has 1 rings (SSSR count). The first-order valence-electron chi connectivity index (χ1n) is 4.64. The number of ether oxygens (including phenoxy) is 1. The van der Waals surface area contributed by atoms with Gasteiger partial charge < -0.3 is 10.1 Å². The van der Waals surface area contributed by atoms with Crippen LogP contribution in [0.1, 0.15) is 29.3 Å². The molecule has 0 aromatic carbocycles. The molecule has 0 unspecified atom stereocenters. The molecule has 0 atom stereocenters. The summed E-state index contributed by atoms with van der Waals surface area (Å²) < 4.78 is 4.79. The van der Waals surface area contributed by atoms with Gasteiger partial charge in [0.1, 0.15) is 5.01 Å². The third-order valence-corrected chi connectivity index (χ3v) is 2.48. The molecule has 0 fully saturated rings. The van der Waals surface area contributed by atoms with Gasteiger partial charge in [-0.2, -0.15) is 0 Å². The van der Waals surface area contributed by atoms with E-state index in [0.717, 1.165) is 0 Å². The van der Waals surface area contributed by atoms with Crippen molar-refractivity contribution in [3.8, 4) is 0 Å². The number of nitrogens with zero attached hydrogens (tertiary/aromatic N) is 1. The van der Waals surface area contributed by atoms with Crippen molar-refractivity contribution in [1.29, 1.82) is 0 Å². The first kappa shape index (κ1) is 12.4. The first-order valence-corrected chi connectivity index (χ1v) is 5.52. The Kier molecular flexibility index (Phi) is 4.19. The Morgan fingerprint density at radius 1 is 1.62 bits per heavy atom. The number of hydrogen-bond donors (Lipinski definition) is 1. The summed E-state index contributed by atoms with van der Waals surface area (Å²) in [7, 11) is 0. The van der Waals surface area contributed by atoms with Gasteiger partial charge in [-0.1, -0.05) is 6.58 Å². The highest BCUT2D eigenvalue weighted by Gasteiger charge is 2.13. The highest BCUT2D eigenvalue weighted by atomic mass is 32.1. The van der Waals surface area contributed by atoms with Gasteiger partial charge in [0.2, 0.25) is 5.91 Å². The Bertz CT molecular complexity index is 425. The first-order chi connectivity index (χ1) is 7.54. The van der Waals surface area contributed by atoms with Gasteiger partial charge in [0, 0.05) is 12.3 Å². The number of aromatic nitrogens is 1. The second-order valence-electron chi connectivity index (χ2n) is 2.92. The highest BCUT2D eigenvalue weighted by Crippen LogP contribution is 2.16. The van der Waals surface area contributed by atoms with E-state index in [0.29, 0.717) is 17.3 Å². The largest absolute Gasteiger partial charge is 0.461 e. The van der Waals surface area contributed by atoms with Crippen LogP contribution in [-0.4, -0.2) is 23.5 Å². The quantitative estimate of drug-likeness (QED) is 0.808. The van der Waals surface area contributed by atoms with E-state index >= 15 is 0 Å². The predicted molar refractivity (Wildman–Crippen MR) is 60.9 cm³/mol. The maximum Gasteiger partial charge on any atom is 0.357 e. The number of carbonyl (C=O) groups excluding carboxylic acids is 2. The lowest BCUT2D eigenvalue weighted by Crippen LogP contribution is -2.17. The Morgan fingerprint density at radius 2 is 2.31 bits per heavy atom. The van der Waals surface area contributed by atoms with Crippen molar-refractivity contribution < 1.29 is 14.3 Å². The Labute approximate surface area is 97.1 Å². The summed E-state index contributed by atoms with van der Waals surface area (Å²) in [5.74, 6) is -0.696. The van der Waals surface area contributed by atoms with Crippen LogP contribution < -0.4 is 5.32 Å². The summed E-state index contributed by atoms with van der Waals surface area (Å²) in [5.41, 5.74) is 0.612. The zero-order valence-electron chi connectivity index (χ0n) is 9.07. The molecule has 1 aromatic rings. The van der Waals surface area contributed by atoms with E-state index in [1.807, 2.05) is 0 Å². The SMILES string of the molecule is C=C(NC(C)=O)c1nc(C(=O)OCC)cs1. The Hall–Kier alpha value is -1.69. The molecule has 0 radical (unpaired) electrons. The molecule has 5 nitrogen and oxygen atoms in total. The van der Waals surface area contributed by atoms with Crippen molar-refractivity contribution in [2.75, 3.05) is 6.61 Å².